The van der Waals surface area contributed by atoms with Crippen LogP contribution < -0.4 is 0 Å². The van der Waals surface area contributed by atoms with Crippen LogP contribution in [0.2, 0.25) is 10.0 Å². The van der Waals surface area contributed by atoms with Gasteiger partial charge in [0.05, 0.1) is 0 Å². The van der Waals surface area contributed by atoms with Crippen molar-refractivity contribution in [1.82, 2.24) is 9.80 Å². The summed E-state index contributed by atoms with van der Waals surface area (Å²) in [6, 6.07) is 11.6. The summed E-state index contributed by atoms with van der Waals surface area (Å²) in [6.07, 6.45) is 0.916. The van der Waals surface area contributed by atoms with Gasteiger partial charge in [-0.15, -0.1) is 0 Å². The second-order valence-corrected chi connectivity index (χ2v) is 7.30. The number of carbonyl (C=O) groups is 2. The fraction of sp³-hybridized carbons (Fsp3) is 0.300. The summed E-state index contributed by atoms with van der Waals surface area (Å²) in [7, 11) is 0. The number of amides is 2. The number of phenolic OH excluding ortho intramolecular Hbond substituents is 1. The van der Waals surface area contributed by atoms with Crippen molar-refractivity contribution < 1.29 is 14.7 Å². The topological polar surface area (TPSA) is 60.9 Å². The fourth-order valence-corrected chi connectivity index (χ4v) is 3.61. The first-order valence-electron chi connectivity index (χ1n) is 8.74. The van der Waals surface area contributed by atoms with Gasteiger partial charge in [0, 0.05) is 48.2 Å². The number of carbonyl (C=O) groups excluding carboxylic acids is 2. The van der Waals surface area contributed by atoms with E-state index in [1.165, 1.54) is 12.1 Å². The molecule has 1 N–H and O–H groups in total. The monoisotopic (exact) mass is 406 g/mol. The van der Waals surface area contributed by atoms with Crippen molar-refractivity contribution in [2.24, 2.45) is 0 Å². The van der Waals surface area contributed by atoms with Crippen LogP contribution in [0.4, 0.5) is 0 Å². The van der Waals surface area contributed by atoms with E-state index >= 15 is 0 Å². The van der Waals surface area contributed by atoms with Gasteiger partial charge < -0.3 is 14.9 Å². The standard InChI is InChI=1S/C20H20Cl2N2O3/c21-16-6-4-14(18(22)13-16)5-7-19(26)23-8-10-24(11-9-23)20(27)15-2-1-3-17(25)12-15/h1-4,6,12-13,25H,5,7-11H2. The lowest BCUT2D eigenvalue weighted by Gasteiger charge is -2.35. The number of piperazine rings is 1. The van der Waals surface area contributed by atoms with Crippen LogP contribution in [-0.2, 0) is 11.2 Å². The van der Waals surface area contributed by atoms with E-state index in [1.807, 2.05) is 6.07 Å². The van der Waals surface area contributed by atoms with Crippen molar-refractivity contribution in [3.8, 4) is 5.75 Å². The van der Waals surface area contributed by atoms with Crippen LogP contribution in [0, 0.1) is 0 Å². The summed E-state index contributed by atoms with van der Waals surface area (Å²) in [5.74, 6) is -0.0214. The summed E-state index contributed by atoms with van der Waals surface area (Å²) in [5, 5.41) is 10.7. The second-order valence-electron chi connectivity index (χ2n) is 6.46. The number of nitrogens with zero attached hydrogens (tertiary/aromatic N) is 2. The zero-order valence-corrected chi connectivity index (χ0v) is 16.2. The number of hydrogen-bond acceptors (Lipinski definition) is 3. The van der Waals surface area contributed by atoms with Gasteiger partial charge >= 0.3 is 0 Å². The molecule has 27 heavy (non-hydrogen) atoms. The number of phenols is 1. The number of rotatable bonds is 4. The van der Waals surface area contributed by atoms with E-state index in [0.29, 0.717) is 54.6 Å². The SMILES string of the molecule is O=C(CCc1ccc(Cl)cc1Cl)N1CCN(C(=O)c2cccc(O)c2)CC1. The molecular weight excluding hydrogens is 387 g/mol. The molecule has 5 nitrogen and oxygen atoms in total. The zero-order valence-electron chi connectivity index (χ0n) is 14.7. The highest BCUT2D eigenvalue weighted by molar-refractivity contribution is 6.35. The number of aromatic hydroxyl groups is 1. The molecule has 1 aliphatic heterocycles. The minimum absolute atomic E-state index is 0.0467. The Morgan fingerprint density at radius 1 is 0.963 bits per heavy atom. The highest BCUT2D eigenvalue weighted by Crippen LogP contribution is 2.22. The minimum atomic E-state index is -0.133. The van der Waals surface area contributed by atoms with Gasteiger partial charge in [-0.05, 0) is 42.3 Å². The maximum absolute atomic E-state index is 12.5. The molecule has 142 valence electrons. The molecule has 3 rings (SSSR count). The maximum atomic E-state index is 12.5. The second kappa shape index (κ2) is 8.63. The van der Waals surface area contributed by atoms with Crippen LogP contribution in [0.1, 0.15) is 22.3 Å². The fourth-order valence-electron chi connectivity index (χ4n) is 3.10. The molecule has 1 aliphatic rings. The van der Waals surface area contributed by atoms with Crippen LogP contribution in [-0.4, -0.2) is 52.9 Å². The Balaban J connectivity index is 1.51. The quantitative estimate of drug-likeness (QED) is 0.843. The van der Waals surface area contributed by atoms with E-state index in [1.54, 1.807) is 34.1 Å². The Bertz CT molecular complexity index is 849. The molecule has 0 spiro atoms. The first-order chi connectivity index (χ1) is 12.9. The molecule has 1 fully saturated rings. The largest absolute Gasteiger partial charge is 0.508 e. The molecule has 7 heteroatoms. The van der Waals surface area contributed by atoms with E-state index in [4.69, 9.17) is 23.2 Å². The molecule has 2 aromatic carbocycles. The van der Waals surface area contributed by atoms with E-state index < -0.39 is 0 Å². The predicted octanol–water partition coefficient (Wildman–Crippen LogP) is 3.62. The molecule has 2 amide bonds. The smallest absolute Gasteiger partial charge is 0.254 e. The van der Waals surface area contributed by atoms with Gasteiger partial charge in [-0.3, -0.25) is 9.59 Å². The van der Waals surface area contributed by atoms with Crippen LogP contribution in [0.15, 0.2) is 42.5 Å². The predicted molar refractivity (Wildman–Crippen MR) is 105 cm³/mol. The van der Waals surface area contributed by atoms with E-state index in [9.17, 15) is 14.7 Å². The lowest BCUT2D eigenvalue weighted by Crippen LogP contribution is -2.50. The van der Waals surface area contributed by atoms with Crippen molar-refractivity contribution in [2.75, 3.05) is 26.2 Å². The van der Waals surface area contributed by atoms with Gasteiger partial charge in [-0.1, -0.05) is 35.3 Å². The molecule has 1 heterocycles. The third-order valence-electron chi connectivity index (χ3n) is 4.64. The Hall–Kier alpha value is -2.24. The Morgan fingerprint density at radius 3 is 2.33 bits per heavy atom. The average Bonchev–Trinajstić information content (AvgIpc) is 2.66. The first-order valence-corrected chi connectivity index (χ1v) is 9.49. The summed E-state index contributed by atoms with van der Waals surface area (Å²) in [4.78, 5) is 28.4. The van der Waals surface area contributed by atoms with Crippen molar-refractivity contribution >= 4 is 35.0 Å². The molecule has 0 saturated carbocycles. The first kappa shape index (κ1) is 19.5. The molecule has 0 unspecified atom stereocenters. The number of hydrogen-bond donors (Lipinski definition) is 1. The average molecular weight is 407 g/mol. The summed E-state index contributed by atoms with van der Waals surface area (Å²) in [6.45, 7) is 1.94. The number of benzene rings is 2. The number of halogens is 2. The highest BCUT2D eigenvalue weighted by Gasteiger charge is 2.24. The molecule has 0 atom stereocenters. The Kier molecular flexibility index (Phi) is 6.24. The van der Waals surface area contributed by atoms with Gasteiger partial charge in [0.2, 0.25) is 5.91 Å². The summed E-state index contributed by atoms with van der Waals surface area (Å²) in [5.41, 5.74) is 1.35. The third-order valence-corrected chi connectivity index (χ3v) is 5.22. The lowest BCUT2D eigenvalue weighted by atomic mass is 10.1. The van der Waals surface area contributed by atoms with E-state index in [2.05, 4.69) is 0 Å². The van der Waals surface area contributed by atoms with Crippen LogP contribution in [0.25, 0.3) is 0 Å². The van der Waals surface area contributed by atoms with Gasteiger partial charge in [0.15, 0.2) is 0 Å². The summed E-state index contributed by atoms with van der Waals surface area (Å²) >= 11 is 12.0. The third kappa shape index (κ3) is 4.93. The van der Waals surface area contributed by atoms with Crippen LogP contribution >= 0.6 is 23.2 Å². The molecule has 2 aromatic rings. The molecule has 0 aromatic heterocycles. The maximum Gasteiger partial charge on any atom is 0.254 e. The zero-order chi connectivity index (χ0) is 19.4. The minimum Gasteiger partial charge on any atom is -0.508 e. The Labute approximate surface area is 168 Å². The molecule has 1 saturated heterocycles. The van der Waals surface area contributed by atoms with E-state index in [0.717, 1.165) is 5.56 Å². The van der Waals surface area contributed by atoms with Crippen LogP contribution in [0.5, 0.6) is 5.75 Å². The van der Waals surface area contributed by atoms with Gasteiger partial charge in [0.1, 0.15) is 5.75 Å². The molecule has 0 aliphatic carbocycles. The van der Waals surface area contributed by atoms with Crippen molar-refractivity contribution in [1.29, 1.82) is 0 Å². The Morgan fingerprint density at radius 2 is 1.67 bits per heavy atom. The van der Waals surface area contributed by atoms with Gasteiger partial charge in [-0.25, -0.2) is 0 Å². The molecular formula is C20H20Cl2N2O3. The lowest BCUT2D eigenvalue weighted by molar-refractivity contribution is -0.132. The molecule has 0 radical (unpaired) electrons. The highest BCUT2D eigenvalue weighted by atomic mass is 35.5. The summed E-state index contributed by atoms with van der Waals surface area (Å²) < 4.78 is 0. The normalized spacial score (nSPS) is 14.3. The van der Waals surface area contributed by atoms with Gasteiger partial charge in [0.25, 0.3) is 5.91 Å². The van der Waals surface area contributed by atoms with Crippen molar-refractivity contribution in [3.05, 3.63) is 63.6 Å². The van der Waals surface area contributed by atoms with Crippen molar-refractivity contribution in [2.45, 2.75) is 12.8 Å². The van der Waals surface area contributed by atoms with E-state index in [-0.39, 0.29) is 17.6 Å². The number of aryl methyl sites for hydroxylation is 1. The van der Waals surface area contributed by atoms with Crippen molar-refractivity contribution in [3.63, 3.8) is 0 Å². The molecule has 0 bridgehead atoms. The van der Waals surface area contributed by atoms with Gasteiger partial charge in [-0.2, -0.15) is 0 Å². The van der Waals surface area contributed by atoms with Crippen LogP contribution in [0.3, 0.4) is 0 Å².